The lowest BCUT2D eigenvalue weighted by atomic mass is 10.0. The van der Waals surface area contributed by atoms with Gasteiger partial charge in [-0.1, -0.05) is 18.2 Å². The van der Waals surface area contributed by atoms with Crippen molar-refractivity contribution >= 4 is 17.4 Å². The molecule has 0 saturated carbocycles. The van der Waals surface area contributed by atoms with Crippen LogP contribution in [0.3, 0.4) is 0 Å². The van der Waals surface area contributed by atoms with Gasteiger partial charge in [0, 0.05) is 12.6 Å². The summed E-state index contributed by atoms with van der Waals surface area (Å²) in [4.78, 5) is 4.06. The zero-order valence-electron chi connectivity index (χ0n) is 11.2. The molecule has 3 rings (SSSR count). The number of hydrogen-bond donors (Lipinski definition) is 2. The molecule has 114 valence electrons. The summed E-state index contributed by atoms with van der Waals surface area (Å²) in [5.74, 6) is 0.153. The van der Waals surface area contributed by atoms with Gasteiger partial charge in [-0.25, -0.2) is 4.98 Å². The van der Waals surface area contributed by atoms with Crippen LogP contribution in [0.15, 0.2) is 30.5 Å². The standard InChI is InChI=1S/C13H11F3N6/c14-13(15,16)9-4-2-1-3-7(9)5-8-6-22-11(10(17)19-8)20-21-12(22)18/h1-4,6H,5H2,(H2,17,19)(H2,18,21). The lowest BCUT2D eigenvalue weighted by molar-refractivity contribution is -0.138. The number of anilines is 2. The van der Waals surface area contributed by atoms with Gasteiger partial charge in [-0.05, 0) is 11.6 Å². The van der Waals surface area contributed by atoms with E-state index in [4.69, 9.17) is 11.5 Å². The number of benzene rings is 1. The highest BCUT2D eigenvalue weighted by Gasteiger charge is 2.32. The SMILES string of the molecule is Nc1nc(Cc2ccccc2C(F)(F)F)cn2c(N)nnc12. The van der Waals surface area contributed by atoms with E-state index in [0.717, 1.165) is 6.07 Å². The van der Waals surface area contributed by atoms with Gasteiger partial charge in [0.2, 0.25) is 11.6 Å². The topological polar surface area (TPSA) is 95.1 Å². The predicted octanol–water partition coefficient (Wildman–Crippen LogP) is 1.90. The Kier molecular flexibility index (Phi) is 3.12. The van der Waals surface area contributed by atoms with Crippen LogP contribution in [0.4, 0.5) is 24.9 Å². The van der Waals surface area contributed by atoms with Gasteiger partial charge < -0.3 is 11.5 Å². The molecule has 0 aliphatic rings. The molecule has 0 bridgehead atoms. The number of nitrogen functional groups attached to an aromatic ring is 2. The Bertz CT molecular complexity index is 839. The highest BCUT2D eigenvalue weighted by molar-refractivity contribution is 5.61. The third-order valence-electron chi connectivity index (χ3n) is 3.19. The Balaban J connectivity index is 2.06. The van der Waals surface area contributed by atoms with Crippen molar-refractivity contribution in [1.82, 2.24) is 19.6 Å². The normalized spacial score (nSPS) is 12.0. The van der Waals surface area contributed by atoms with Crippen LogP contribution in [0, 0.1) is 0 Å². The first-order valence-electron chi connectivity index (χ1n) is 6.27. The molecule has 0 spiro atoms. The minimum Gasteiger partial charge on any atom is -0.381 e. The van der Waals surface area contributed by atoms with Crippen molar-refractivity contribution in [3.8, 4) is 0 Å². The Hall–Kier alpha value is -2.84. The summed E-state index contributed by atoms with van der Waals surface area (Å²) in [7, 11) is 0. The third kappa shape index (κ3) is 2.41. The van der Waals surface area contributed by atoms with Crippen LogP contribution in [0.5, 0.6) is 0 Å². The molecule has 9 heteroatoms. The maximum atomic E-state index is 13.0. The Morgan fingerprint density at radius 2 is 1.82 bits per heavy atom. The zero-order chi connectivity index (χ0) is 15.9. The van der Waals surface area contributed by atoms with Crippen molar-refractivity contribution in [2.24, 2.45) is 0 Å². The molecule has 0 fully saturated rings. The van der Waals surface area contributed by atoms with Gasteiger partial charge in [0.1, 0.15) is 0 Å². The molecule has 0 atom stereocenters. The molecule has 1 aromatic carbocycles. The maximum absolute atomic E-state index is 13.0. The highest BCUT2D eigenvalue weighted by Crippen LogP contribution is 2.32. The lowest BCUT2D eigenvalue weighted by Crippen LogP contribution is -2.10. The number of hydrogen-bond acceptors (Lipinski definition) is 5. The van der Waals surface area contributed by atoms with E-state index >= 15 is 0 Å². The third-order valence-corrected chi connectivity index (χ3v) is 3.19. The average Bonchev–Trinajstić information content (AvgIpc) is 2.81. The minimum atomic E-state index is -4.43. The van der Waals surface area contributed by atoms with E-state index in [0.29, 0.717) is 5.69 Å². The first kappa shape index (κ1) is 14.1. The monoisotopic (exact) mass is 308 g/mol. The van der Waals surface area contributed by atoms with Crippen molar-refractivity contribution in [2.45, 2.75) is 12.6 Å². The lowest BCUT2D eigenvalue weighted by Gasteiger charge is -2.12. The van der Waals surface area contributed by atoms with Gasteiger partial charge in [0.05, 0.1) is 11.3 Å². The summed E-state index contributed by atoms with van der Waals surface area (Å²) in [6, 6.07) is 5.32. The molecule has 0 unspecified atom stereocenters. The quantitative estimate of drug-likeness (QED) is 0.754. The molecule has 2 aromatic heterocycles. The van der Waals surface area contributed by atoms with E-state index in [1.54, 1.807) is 6.07 Å². The number of nitrogens with zero attached hydrogens (tertiary/aromatic N) is 4. The molecule has 3 aromatic rings. The van der Waals surface area contributed by atoms with Crippen LogP contribution in [-0.2, 0) is 12.6 Å². The zero-order valence-corrected chi connectivity index (χ0v) is 11.2. The molecule has 0 aliphatic carbocycles. The van der Waals surface area contributed by atoms with Crippen molar-refractivity contribution in [3.63, 3.8) is 0 Å². The number of nitrogens with two attached hydrogens (primary N) is 2. The summed E-state index contributed by atoms with van der Waals surface area (Å²) in [6.07, 6.45) is -2.98. The van der Waals surface area contributed by atoms with Crippen LogP contribution >= 0.6 is 0 Å². The fraction of sp³-hybridized carbons (Fsp3) is 0.154. The fourth-order valence-electron chi connectivity index (χ4n) is 2.22. The Morgan fingerprint density at radius 1 is 1.09 bits per heavy atom. The van der Waals surface area contributed by atoms with E-state index in [2.05, 4.69) is 15.2 Å². The van der Waals surface area contributed by atoms with Crippen molar-refractivity contribution in [3.05, 3.63) is 47.3 Å². The molecule has 6 nitrogen and oxygen atoms in total. The molecule has 0 amide bonds. The highest BCUT2D eigenvalue weighted by atomic mass is 19.4. The summed E-state index contributed by atoms with van der Waals surface area (Å²) in [5.41, 5.74) is 11.4. The second kappa shape index (κ2) is 4.86. The maximum Gasteiger partial charge on any atom is 0.416 e. The van der Waals surface area contributed by atoms with Crippen LogP contribution in [0.25, 0.3) is 5.65 Å². The van der Waals surface area contributed by atoms with E-state index < -0.39 is 11.7 Å². The van der Waals surface area contributed by atoms with Crippen LogP contribution in [-0.4, -0.2) is 19.6 Å². The first-order chi connectivity index (χ1) is 10.4. The number of aromatic nitrogens is 4. The summed E-state index contributed by atoms with van der Waals surface area (Å²) < 4.78 is 40.4. The van der Waals surface area contributed by atoms with E-state index in [-0.39, 0.29) is 29.4 Å². The van der Waals surface area contributed by atoms with Gasteiger partial charge in [0.15, 0.2) is 5.82 Å². The van der Waals surface area contributed by atoms with Gasteiger partial charge in [-0.3, -0.25) is 4.40 Å². The Labute approximate surface area is 122 Å². The van der Waals surface area contributed by atoms with Gasteiger partial charge in [-0.15, -0.1) is 10.2 Å². The van der Waals surface area contributed by atoms with Crippen molar-refractivity contribution in [1.29, 1.82) is 0 Å². The van der Waals surface area contributed by atoms with E-state index in [9.17, 15) is 13.2 Å². The number of alkyl halides is 3. The molecular weight excluding hydrogens is 297 g/mol. The van der Waals surface area contributed by atoms with Crippen LogP contribution < -0.4 is 11.5 Å². The van der Waals surface area contributed by atoms with Crippen LogP contribution in [0.2, 0.25) is 0 Å². The van der Waals surface area contributed by atoms with E-state index in [1.165, 1.54) is 22.7 Å². The van der Waals surface area contributed by atoms with Gasteiger partial charge >= 0.3 is 6.18 Å². The molecule has 22 heavy (non-hydrogen) atoms. The van der Waals surface area contributed by atoms with Crippen molar-refractivity contribution in [2.75, 3.05) is 11.5 Å². The summed E-state index contributed by atoms with van der Waals surface area (Å²) in [5, 5.41) is 7.40. The largest absolute Gasteiger partial charge is 0.416 e. The predicted molar refractivity (Wildman–Crippen MR) is 73.9 cm³/mol. The van der Waals surface area contributed by atoms with Crippen LogP contribution in [0.1, 0.15) is 16.8 Å². The number of halogens is 3. The molecule has 2 heterocycles. The van der Waals surface area contributed by atoms with Gasteiger partial charge in [0.25, 0.3) is 0 Å². The first-order valence-corrected chi connectivity index (χ1v) is 6.27. The summed E-state index contributed by atoms with van der Waals surface area (Å²) >= 11 is 0. The molecule has 0 radical (unpaired) electrons. The molecule has 0 saturated heterocycles. The fourth-order valence-corrected chi connectivity index (χ4v) is 2.22. The minimum absolute atomic E-state index is 0.0343. The molecular formula is C13H11F3N6. The van der Waals surface area contributed by atoms with Gasteiger partial charge in [-0.2, -0.15) is 13.2 Å². The number of rotatable bonds is 2. The van der Waals surface area contributed by atoms with Crippen molar-refractivity contribution < 1.29 is 13.2 Å². The Morgan fingerprint density at radius 3 is 2.55 bits per heavy atom. The average molecular weight is 308 g/mol. The second-order valence-electron chi connectivity index (χ2n) is 4.70. The van der Waals surface area contributed by atoms with E-state index in [1.807, 2.05) is 0 Å². The summed E-state index contributed by atoms with van der Waals surface area (Å²) in [6.45, 7) is 0. The second-order valence-corrected chi connectivity index (χ2v) is 4.70. The smallest absolute Gasteiger partial charge is 0.381 e. The number of fused-ring (bicyclic) bond motifs is 1. The molecule has 4 N–H and O–H groups in total. The molecule has 0 aliphatic heterocycles.